The lowest BCUT2D eigenvalue weighted by molar-refractivity contribution is -0.118. The zero-order chi connectivity index (χ0) is 21.7. The molecule has 3 N–H and O–H groups in total. The normalized spacial score (nSPS) is 14.2. The van der Waals surface area contributed by atoms with E-state index < -0.39 is 5.91 Å². The molecule has 7 heteroatoms. The summed E-state index contributed by atoms with van der Waals surface area (Å²) in [5.74, 6) is 0.634. The van der Waals surface area contributed by atoms with Crippen molar-refractivity contribution in [1.29, 1.82) is 0 Å². The van der Waals surface area contributed by atoms with E-state index in [0.29, 0.717) is 23.8 Å². The largest absolute Gasteiger partial charge is 0.497 e. The highest BCUT2D eigenvalue weighted by atomic mass is 16.5. The Kier molecular flexibility index (Phi) is 6.32. The van der Waals surface area contributed by atoms with Crippen LogP contribution >= 0.6 is 0 Å². The fraction of sp³-hybridized carbons (Fsp3) is 0.174. The second kappa shape index (κ2) is 9.09. The van der Waals surface area contributed by atoms with Gasteiger partial charge in [-0.15, -0.1) is 0 Å². The minimum absolute atomic E-state index is 0.0897. The molecule has 1 aliphatic rings. The summed E-state index contributed by atoms with van der Waals surface area (Å²) in [7, 11) is 1.60. The molecule has 7 nitrogen and oxygen atoms in total. The van der Waals surface area contributed by atoms with E-state index in [-0.39, 0.29) is 18.0 Å². The molecule has 30 heavy (non-hydrogen) atoms. The number of hydrogen-bond acceptors (Lipinski definition) is 5. The minimum Gasteiger partial charge on any atom is -0.497 e. The average molecular weight is 404 g/mol. The van der Waals surface area contributed by atoms with Crippen molar-refractivity contribution >= 4 is 17.6 Å². The Balaban J connectivity index is 1.83. The Morgan fingerprint density at radius 2 is 2.10 bits per heavy atom. The number of rotatable bonds is 6. The van der Waals surface area contributed by atoms with Gasteiger partial charge in [0.15, 0.2) is 0 Å². The van der Waals surface area contributed by atoms with Crippen molar-refractivity contribution in [3.05, 3.63) is 89.4 Å². The van der Waals surface area contributed by atoms with Crippen molar-refractivity contribution in [1.82, 2.24) is 10.3 Å². The van der Waals surface area contributed by atoms with Gasteiger partial charge in [-0.3, -0.25) is 14.5 Å². The van der Waals surface area contributed by atoms with Crippen molar-refractivity contribution in [3.8, 4) is 5.75 Å². The quantitative estimate of drug-likeness (QED) is 0.722. The Bertz CT molecular complexity index is 1060. The van der Waals surface area contributed by atoms with Gasteiger partial charge in [-0.25, -0.2) is 4.98 Å². The summed E-state index contributed by atoms with van der Waals surface area (Å²) in [5, 5.41) is 2.74. The van der Waals surface area contributed by atoms with Gasteiger partial charge in [0.05, 0.1) is 31.5 Å². The Labute approximate surface area is 175 Å². The molecule has 3 rings (SSSR count). The number of nitrogens with zero attached hydrogens (tertiary/aromatic N) is 2. The van der Waals surface area contributed by atoms with Crippen LogP contribution in [0.25, 0.3) is 0 Å². The number of ether oxygens (including phenoxy) is 1. The Hall–Kier alpha value is -3.87. The van der Waals surface area contributed by atoms with Gasteiger partial charge in [0.1, 0.15) is 17.3 Å². The van der Waals surface area contributed by atoms with Crippen LogP contribution in [0.1, 0.15) is 28.5 Å². The minimum atomic E-state index is -0.417. The zero-order valence-corrected chi connectivity index (χ0v) is 17.0. The van der Waals surface area contributed by atoms with E-state index in [1.165, 1.54) is 0 Å². The third-order valence-electron chi connectivity index (χ3n) is 4.77. The van der Waals surface area contributed by atoms with Gasteiger partial charge in [-0.1, -0.05) is 30.9 Å². The lowest BCUT2D eigenvalue weighted by Gasteiger charge is -2.28. The van der Waals surface area contributed by atoms with E-state index in [9.17, 15) is 9.59 Å². The molecule has 0 aliphatic carbocycles. The predicted molar refractivity (Wildman–Crippen MR) is 116 cm³/mol. The van der Waals surface area contributed by atoms with Crippen LogP contribution in [0.4, 0.5) is 5.82 Å². The van der Waals surface area contributed by atoms with Crippen LogP contribution in [0.15, 0.2) is 72.6 Å². The summed E-state index contributed by atoms with van der Waals surface area (Å²) in [5.41, 5.74) is 8.91. The molecule has 0 fully saturated rings. The third kappa shape index (κ3) is 4.41. The summed E-state index contributed by atoms with van der Waals surface area (Å²) >= 11 is 0. The maximum Gasteiger partial charge on any atom is 0.274 e. The molecule has 1 aliphatic heterocycles. The lowest BCUT2D eigenvalue weighted by Crippen LogP contribution is -2.37. The maximum absolute atomic E-state index is 12.7. The van der Waals surface area contributed by atoms with E-state index in [1.54, 1.807) is 55.4 Å². The number of pyridine rings is 1. The highest BCUT2D eigenvalue weighted by Gasteiger charge is 2.26. The number of hydrogen-bond donors (Lipinski definition) is 2. The average Bonchev–Trinajstić information content (AvgIpc) is 2.76. The van der Waals surface area contributed by atoms with E-state index in [0.717, 1.165) is 16.9 Å². The molecule has 2 amide bonds. The first-order chi connectivity index (χ1) is 14.5. The van der Waals surface area contributed by atoms with Gasteiger partial charge < -0.3 is 15.8 Å². The van der Waals surface area contributed by atoms with E-state index in [2.05, 4.69) is 16.9 Å². The number of amides is 2. The second-order valence-electron chi connectivity index (χ2n) is 6.69. The van der Waals surface area contributed by atoms with Crippen LogP contribution in [0, 0.1) is 0 Å². The number of fused-ring (bicyclic) bond motifs is 1. The fourth-order valence-electron chi connectivity index (χ4n) is 3.19. The molecular formula is C23H24N4O3. The van der Waals surface area contributed by atoms with Crippen LogP contribution < -0.4 is 20.7 Å². The summed E-state index contributed by atoms with van der Waals surface area (Å²) in [4.78, 5) is 31.4. The van der Waals surface area contributed by atoms with E-state index in [1.807, 2.05) is 18.2 Å². The first-order valence-electron chi connectivity index (χ1n) is 9.46. The summed E-state index contributed by atoms with van der Waals surface area (Å²) in [6.45, 7) is 5.74. The highest BCUT2D eigenvalue weighted by Crippen LogP contribution is 2.27. The first-order valence-corrected chi connectivity index (χ1v) is 9.46. The van der Waals surface area contributed by atoms with Crippen molar-refractivity contribution in [2.75, 3.05) is 12.0 Å². The van der Waals surface area contributed by atoms with Crippen molar-refractivity contribution in [2.45, 2.75) is 19.9 Å². The number of methoxy groups -OCH3 is 1. The van der Waals surface area contributed by atoms with Gasteiger partial charge in [-0.2, -0.15) is 0 Å². The molecule has 154 valence electrons. The number of carbonyl (C=O) groups is 2. The smallest absolute Gasteiger partial charge is 0.274 e. The SMILES string of the molecule is C=C/C=C(N)\C(=C/C)NC(=O)c1cccc(N2Cc3ccc(OC)cc3CC2=O)n1. The fourth-order valence-corrected chi connectivity index (χ4v) is 3.19. The van der Waals surface area contributed by atoms with Crippen LogP contribution in [-0.4, -0.2) is 23.9 Å². The molecule has 2 heterocycles. The zero-order valence-electron chi connectivity index (χ0n) is 17.0. The molecule has 0 radical (unpaired) electrons. The molecule has 0 bridgehead atoms. The number of carbonyl (C=O) groups excluding carboxylic acids is 2. The summed E-state index contributed by atoms with van der Waals surface area (Å²) in [6.07, 6.45) is 5.07. The predicted octanol–water partition coefficient (Wildman–Crippen LogP) is 2.84. The second-order valence-corrected chi connectivity index (χ2v) is 6.69. The highest BCUT2D eigenvalue weighted by molar-refractivity contribution is 5.97. The monoisotopic (exact) mass is 404 g/mol. The van der Waals surface area contributed by atoms with Crippen LogP contribution in [0.2, 0.25) is 0 Å². The number of nitrogens with two attached hydrogens (primary N) is 1. The Morgan fingerprint density at radius 3 is 2.80 bits per heavy atom. The third-order valence-corrected chi connectivity index (χ3v) is 4.77. The van der Waals surface area contributed by atoms with Gasteiger partial charge in [-0.05, 0) is 48.4 Å². The van der Waals surface area contributed by atoms with Crippen molar-refractivity contribution in [2.24, 2.45) is 5.73 Å². The van der Waals surface area contributed by atoms with E-state index >= 15 is 0 Å². The number of nitrogens with one attached hydrogen (secondary N) is 1. The van der Waals surface area contributed by atoms with Crippen LogP contribution in [-0.2, 0) is 17.8 Å². The maximum atomic E-state index is 12.7. The molecule has 0 atom stereocenters. The molecule has 2 aromatic rings. The van der Waals surface area contributed by atoms with Gasteiger partial charge in [0.2, 0.25) is 5.91 Å². The molecule has 0 saturated heterocycles. The molecule has 1 aromatic carbocycles. The van der Waals surface area contributed by atoms with E-state index in [4.69, 9.17) is 10.5 Å². The topological polar surface area (TPSA) is 97.5 Å². The molecule has 0 saturated carbocycles. The Morgan fingerprint density at radius 1 is 1.30 bits per heavy atom. The first kappa shape index (κ1) is 20.9. The lowest BCUT2D eigenvalue weighted by atomic mass is 9.99. The summed E-state index contributed by atoms with van der Waals surface area (Å²) in [6, 6.07) is 10.7. The van der Waals surface area contributed by atoms with Gasteiger partial charge in [0.25, 0.3) is 5.91 Å². The number of aromatic nitrogens is 1. The summed E-state index contributed by atoms with van der Waals surface area (Å²) < 4.78 is 5.24. The van der Waals surface area contributed by atoms with Crippen LogP contribution in [0.5, 0.6) is 5.75 Å². The van der Waals surface area contributed by atoms with Crippen LogP contribution in [0.3, 0.4) is 0 Å². The van der Waals surface area contributed by atoms with Crippen molar-refractivity contribution in [3.63, 3.8) is 0 Å². The number of allylic oxidation sites excluding steroid dienone is 3. The molecule has 1 aromatic heterocycles. The number of benzene rings is 1. The molecular weight excluding hydrogens is 380 g/mol. The van der Waals surface area contributed by atoms with Crippen molar-refractivity contribution < 1.29 is 14.3 Å². The standard InChI is InChI=1S/C23H24N4O3/c1-4-7-18(24)19(5-2)26-23(29)20-8-6-9-21(25-20)27-14-15-10-11-17(30-3)12-16(15)13-22(27)28/h4-12H,1,13-14,24H2,2-3H3,(H,26,29)/b18-7+,19-5+. The van der Waals surface area contributed by atoms with Gasteiger partial charge in [0, 0.05) is 0 Å². The number of anilines is 1. The van der Waals surface area contributed by atoms with Gasteiger partial charge >= 0.3 is 0 Å². The molecule has 0 spiro atoms. The molecule has 0 unspecified atom stereocenters.